The summed E-state index contributed by atoms with van der Waals surface area (Å²) in [6.45, 7) is 4.92. The Hall–Kier alpha value is -2.34. The molecule has 1 saturated heterocycles. The molecule has 1 fully saturated rings. The maximum absolute atomic E-state index is 3.70. The number of nitrogens with one attached hydrogen (secondary N) is 2. The minimum Gasteiger partial charge on any atom is -0.245 e. The number of hydrazine groups is 1. The van der Waals surface area contributed by atoms with Crippen LogP contribution in [0.2, 0.25) is 0 Å². The lowest BCUT2D eigenvalue weighted by Crippen LogP contribution is -2.26. The van der Waals surface area contributed by atoms with Crippen LogP contribution >= 0.6 is 15.8 Å². The van der Waals surface area contributed by atoms with Crippen LogP contribution in [0.3, 0.4) is 0 Å². The lowest BCUT2D eigenvalue weighted by atomic mass is 10.2. The fourth-order valence-corrected chi connectivity index (χ4v) is 12.2. The molecule has 1 aliphatic rings. The smallest absolute Gasteiger partial charge is 0.0676 e. The third-order valence-electron chi connectivity index (χ3n) is 7.43. The van der Waals surface area contributed by atoms with E-state index in [1.807, 2.05) is 0 Å². The average molecular weight is 511 g/mol. The predicted molar refractivity (Wildman–Crippen MR) is 158 cm³/mol. The van der Waals surface area contributed by atoms with Crippen molar-refractivity contribution in [2.45, 2.75) is 36.7 Å². The molecule has 2 N–H and O–H groups in total. The Morgan fingerprint density at radius 3 is 1.33 bits per heavy atom. The molecule has 0 amide bonds. The molecule has 2 nitrogen and oxygen atoms in total. The Labute approximate surface area is 219 Å². The second-order valence-corrected chi connectivity index (χ2v) is 15.1. The van der Waals surface area contributed by atoms with Gasteiger partial charge < -0.3 is 0 Å². The van der Waals surface area contributed by atoms with E-state index < -0.39 is 0 Å². The van der Waals surface area contributed by atoms with Gasteiger partial charge in [-0.3, -0.25) is 0 Å². The summed E-state index contributed by atoms with van der Waals surface area (Å²) in [6, 6.07) is 44.4. The molecule has 4 aromatic carbocycles. The van der Waals surface area contributed by atoms with Gasteiger partial charge in [-0.1, -0.05) is 151 Å². The van der Waals surface area contributed by atoms with E-state index in [1.54, 1.807) is 0 Å². The van der Waals surface area contributed by atoms with Gasteiger partial charge in [-0.15, -0.1) is 0 Å². The molecule has 0 radical (unpaired) electrons. The monoisotopic (exact) mass is 510 g/mol. The minimum atomic E-state index is -0.350. The second-order valence-electron chi connectivity index (χ2n) is 9.56. The zero-order valence-corrected chi connectivity index (χ0v) is 23.0. The fraction of sp³-hybridized carbons (Fsp3) is 0.250. The molecule has 0 spiro atoms. The predicted octanol–water partition coefficient (Wildman–Crippen LogP) is 8.98. The van der Waals surface area contributed by atoms with Crippen molar-refractivity contribution in [3.05, 3.63) is 144 Å². The Morgan fingerprint density at radius 2 is 0.944 bits per heavy atom. The number of benzene rings is 4. The molecule has 36 heavy (non-hydrogen) atoms. The van der Waals surface area contributed by atoms with Crippen LogP contribution in [-0.4, -0.2) is 12.3 Å². The highest BCUT2D eigenvalue weighted by atomic mass is 31.1. The first-order chi connectivity index (χ1) is 17.7. The zero-order chi connectivity index (χ0) is 24.7. The topological polar surface area (TPSA) is 24.1 Å². The Bertz CT molecular complexity index is 1090. The van der Waals surface area contributed by atoms with Crippen molar-refractivity contribution >= 4 is 15.8 Å². The van der Waals surface area contributed by atoms with Gasteiger partial charge in [-0.05, 0) is 34.6 Å². The van der Waals surface area contributed by atoms with Crippen LogP contribution in [0.4, 0.5) is 0 Å². The summed E-state index contributed by atoms with van der Waals surface area (Å²) >= 11 is 0. The van der Waals surface area contributed by atoms with Crippen molar-refractivity contribution in [2.75, 3.05) is 12.3 Å². The largest absolute Gasteiger partial charge is 0.245 e. The third-order valence-corrected chi connectivity index (χ3v) is 14.0. The molecule has 4 aromatic rings. The highest BCUT2D eigenvalue weighted by molar-refractivity contribution is 7.62. The molecule has 4 atom stereocenters. The molecule has 1 aliphatic heterocycles. The summed E-state index contributed by atoms with van der Waals surface area (Å²) in [4.78, 5) is 0. The highest BCUT2D eigenvalue weighted by Gasteiger charge is 2.38. The molecule has 0 unspecified atom stereocenters. The summed E-state index contributed by atoms with van der Waals surface area (Å²) in [5, 5.41) is 0. The van der Waals surface area contributed by atoms with E-state index >= 15 is 0 Å². The Kier molecular flexibility index (Phi) is 8.63. The van der Waals surface area contributed by atoms with Crippen molar-refractivity contribution in [3.63, 3.8) is 0 Å². The normalized spacial score (nSPS) is 19.9. The van der Waals surface area contributed by atoms with Crippen molar-refractivity contribution in [2.24, 2.45) is 0 Å². The van der Waals surface area contributed by atoms with E-state index in [0.29, 0.717) is 22.9 Å². The summed E-state index contributed by atoms with van der Waals surface area (Å²) in [7, 11) is -0.617. The van der Waals surface area contributed by atoms with Gasteiger partial charge in [-0.2, -0.15) is 0 Å². The first-order valence-corrected chi connectivity index (χ1v) is 16.3. The van der Waals surface area contributed by atoms with E-state index in [9.17, 15) is 0 Å². The van der Waals surface area contributed by atoms with Crippen LogP contribution in [0.1, 0.15) is 59.0 Å². The van der Waals surface area contributed by atoms with Gasteiger partial charge in [-0.25, -0.2) is 10.9 Å². The SMILES string of the molecule is C[C@H](c1ccccc1)P(CCP1[C@@H](c2ccccc2)NN[C@@H]1c1ccccc1)[C@H](C)c1ccccc1. The van der Waals surface area contributed by atoms with Crippen molar-refractivity contribution < 1.29 is 0 Å². The van der Waals surface area contributed by atoms with Crippen molar-refractivity contribution in [3.8, 4) is 0 Å². The van der Waals surface area contributed by atoms with Gasteiger partial charge in [0.25, 0.3) is 0 Å². The molecular formula is C32H36N2P2. The Morgan fingerprint density at radius 1 is 0.583 bits per heavy atom. The van der Waals surface area contributed by atoms with Crippen LogP contribution in [0.25, 0.3) is 0 Å². The summed E-state index contributed by atoms with van der Waals surface area (Å²) in [6.07, 6.45) is 2.51. The molecule has 0 aromatic heterocycles. The molecular weight excluding hydrogens is 474 g/mol. The van der Waals surface area contributed by atoms with Gasteiger partial charge in [0, 0.05) is 11.3 Å². The maximum Gasteiger partial charge on any atom is 0.0676 e. The molecule has 0 aliphatic carbocycles. The van der Waals surface area contributed by atoms with E-state index in [1.165, 1.54) is 34.6 Å². The second kappa shape index (κ2) is 12.3. The maximum atomic E-state index is 3.70. The van der Waals surface area contributed by atoms with E-state index in [-0.39, 0.29) is 15.8 Å². The molecule has 5 rings (SSSR count). The molecule has 0 saturated carbocycles. The van der Waals surface area contributed by atoms with Gasteiger partial charge in [0.1, 0.15) is 0 Å². The number of hydrogen-bond acceptors (Lipinski definition) is 2. The zero-order valence-electron chi connectivity index (χ0n) is 21.2. The van der Waals surface area contributed by atoms with E-state index in [0.717, 1.165) is 0 Å². The summed E-state index contributed by atoms with van der Waals surface area (Å²) in [5.74, 6) is 0.727. The first kappa shape index (κ1) is 25.3. The average Bonchev–Trinajstić information content (AvgIpc) is 3.38. The van der Waals surface area contributed by atoms with E-state index in [2.05, 4.69) is 146 Å². The van der Waals surface area contributed by atoms with E-state index in [4.69, 9.17) is 0 Å². The van der Waals surface area contributed by atoms with Crippen LogP contribution in [0.5, 0.6) is 0 Å². The van der Waals surface area contributed by atoms with Gasteiger partial charge in [0.2, 0.25) is 0 Å². The summed E-state index contributed by atoms with van der Waals surface area (Å²) < 4.78 is 0. The van der Waals surface area contributed by atoms with Crippen LogP contribution < -0.4 is 10.9 Å². The van der Waals surface area contributed by atoms with Gasteiger partial charge in [0.05, 0.1) is 11.6 Å². The number of rotatable bonds is 9. The molecule has 184 valence electrons. The quantitative estimate of drug-likeness (QED) is 0.220. The van der Waals surface area contributed by atoms with Gasteiger partial charge >= 0.3 is 0 Å². The van der Waals surface area contributed by atoms with Crippen molar-refractivity contribution in [1.29, 1.82) is 0 Å². The minimum absolute atomic E-state index is 0.267. The third kappa shape index (κ3) is 5.80. The fourth-order valence-electron chi connectivity index (χ4n) is 5.35. The van der Waals surface area contributed by atoms with Gasteiger partial charge in [0.15, 0.2) is 0 Å². The van der Waals surface area contributed by atoms with Crippen LogP contribution in [0.15, 0.2) is 121 Å². The lowest BCUT2D eigenvalue weighted by Gasteiger charge is -2.34. The molecule has 0 bridgehead atoms. The number of hydrogen-bond donors (Lipinski definition) is 2. The highest BCUT2D eigenvalue weighted by Crippen LogP contribution is 2.67. The first-order valence-electron chi connectivity index (χ1n) is 12.9. The van der Waals surface area contributed by atoms with Crippen LogP contribution in [-0.2, 0) is 0 Å². The Balaban J connectivity index is 1.44. The lowest BCUT2D eigenvalue weighted by molar-refractivity contribution is 0.555. The van der Waals surface area contributed by atoms with Crippen molar-refractivity contribution in [1.82, 2.24) is 10.9 Å². The molecule has 1 heterocycles. The standard InChI is InChI=1S/C32H36N2P2/c1-25(27-15-7-3-8-16-27)35(26(2)28-17-9-4-10-18-28)23-24-36-31(29-19-11-5-12-20-29)33-34-32(36)30-21-13-6-14-22-30/h3-22,25-26,31-34H,23-24H2,1-2H3/t25-,26-,31+,32+/m1/s1. The van der Waals surface area contributed by atoms with Crippen LogP contribution in [0, 0.1) is 0 Å². The molecule has 4 heteroatoms. The summed E-state index contributed by atoms with van der Waals surface area (Å²) in [5.41, 5.74) is 14.3.